The van der Waals surface area contributed by atoms with Crippen molar-refractivity contribution in [3.05, 3.63) is 65.1 Å². The molecule has 0 spiro atoms. The zero-order valence-electron chi connectivity index (χ0n) is 20.6. The second kappa shape index (κ2) is 8.93. The van der Waals surface area contributed by atoms with Crippen molar-refractivity contribution in [3.63, 3.8) is 0 Å². The first-order valence-electron chi connectivity index (χ1n) is 13.0. The van der Waals surface area contributed by atoms with Crippen LogP contribution in [0.15, 0.2) is 54.5 Å². The van der Waals surface area contributed by atoms with Crippen molar-refractivity contribution in [3.8, 4) is 0 Å². The Labute approximate surface area is 220 Å². The molecule has 0 radical (unpaired) electrons. The molecule has 37 heavy (non-hydrogen) atoms. The van der Waals surface area contributed by atoms with Gasteiger partial charge < -0.3 is 30.9 Å². The molecule has 2 aromatic heterocycles. The van der Waals surface area contributed by atoms with E-state index in [1.54, 1.807) is 0 Å². The van der Waals surface area contributed by atoms with E-state index >= 15 is 0 Å². The number of nitrogens with one attached hydrogen (secondary N) is 4. The number of rotatable bonds is 8. The molecule has 10 heteroatoms. The van der Waals surface area contributed by atoms with Gasteiger partial charge >= 0.3 is 0 Å². The lowest BCUT2D eigenvalue weighted by Gasteiger charge is -2.24. The van der Waals surface area contributed by atoms with Gasteiger partial charge in [-0.15, -0.1) is 0 Å². The Kier molecular flexibility index (Phi) is 5.53. The minimum atomic E-state index is -0.0193. The third kappa shape index (κ3) is 4.74. The van der Waals surface area contributed by atoms with Crippen LogP contribution in [0.25, 0.3) is 11.7 Å². The number of aromatic nitrogens is 3. The summed E-state index contributed by atoms with van der Waals surface area (Å²) < 4.78 is 7.41. The number of nitrogens with zero attached hydrogens (tertiary/aromatic N) is 4. The fraction of sp³-hybridized carbons (Fsp3) is 0.407. The van der Waals surface area contributed by atoms with Crippen molar-refractivity contribution in [2.24, 2.45) is 5.41 Å². The quantitative estimate of drug-likeness (QED) is 0.331. The van der Waals surface area contributed by atoms with Crippen molar-refractivity contribution >= 4 is 40.6 Å². The van der Waals surface area contributed by atoms with Gasteiger partial charge in [-0.2, -0.15) is 9.61 Å². The number of anilines is 3. The number of fused-ring (bicyclic) bond motifs is 2. The number of hydrogen-bond donors (Lipinski definition) is 4. The van der Waals surface area contributed by atoms with Gasteiger partial charge in [0.05, 0.1) is 17.6 Å². The van der Waals surface area contributed by atoms with E-state index in [1.807, 2.05) is 47.1 Å². The Morgan fingerprint density at radius 2 is 2.03 bits per heavy atom. The molecule has 2 unspecified atom stereocenters. The van der Waals surface area contributed by atoms with Crippen LogP contribution in [0.5, 0.6) is 0 Å². The van der Waals surface area contributed by atoms with E-state index in [4.69, 9.17) is 26.4 Å². The van der Waals surface area contributed by atoms with Crippen LogP contribution in [-0.4, -0.2) is 58.1 Å². The summed E-state index contributed by atoms with van der Waals surface area (Å²) >= 11 is 6.23. The average molecular weight is 519 g/mol. The summed E-state index contributed by atoms with van der Waals surface area (Å²) in [7, 11) is 0. The lowest BCUT2D eigenvalue weighted by molar-refractivity contribution is 0.271. The summed E-state index contributed by atoms with van der Waals surface area (Å²) in [6, 6.07) is 9.67. The smallest absolute Gasteiger partial charge is 0.175 e. The Morgan fingerprint density at radius 3 is 2.84 bits per heavy atom. The molecule has 1 saturated carbocycles. The topological polar surface area (TPSA) is 94.1 Å². The molecule has 3 saturated heterocycles. The molecule has 3 aromatic rings. The molecule has 4 fully saturated rings. The highest BCUT2D eigenvalue weighted by molar-refractivity contribution is 6.30. The fourth-order valence-corrected chi connectivity index (χ4v) is 5.54. The lowest BCUT2D eigenvalue weighted by atomic mass is 10.1. The minimum Gasteiger partial charge on any atom is -0.369 e. The van der Waals surface area contributed by atoms with Gasteiger partial charge in [0, 0.05) is 40.8 Å². The monoisotopic (exact) mass is 518 g/mol. The number of halogens is 1. The van der Waals surface area contributed by atoms with Crippen molar-refractivity contribution < 1.29 is 4.74 Å². The Morgan fingerprint density at radius 1 is 1.19 bits per heavy atom. The maximum Gasteiger partial charge on any atom is 0.175 e. The largest absolute Gasteiger partial charge is 0.369 e. The molecule has 1 aromatic carbocycles. The van der Waals surface area contributed by atoms with Gasteiger partial charge in [-0.05, 0) is 63.0 Å². The highest BCUT2D eigenvalue weighted by Crippen LogP contribution is 2.46. The van der Waals surface area contributed by atoms with E-state index < -0.39 is 0 Å². The lowest BCUT2D eigenvalue weighted by Crippen LogP contribution is -2.35. The second-order valence-corrected chi connectivity index (χ2v) is 11.1. The maximum atomic E-state index is 6.23. The molecule has 2 atom stereocenters. The van der Waals surface area contributed by atoms with E-state index in [0.29, 0.717) is 10.4 Å². The second-order valence-electron chi connectivity index (χ2n) is 10.6. The van der Waals surface area contributed by atoms with Gasteiger partial charge in [0.15, 0.2) is 18.1 Å². The molecule has 0 amide bonds. The summed E-state index contributed by atoms with van der Waals surface area (Å²) in [5.74, 6) is 1.63. The van der Waals surface area contributed by atoms with Crippen molar-refractivity contribution in [2.45, 2.75) is 38.1 Å². The first-order valence-corrected chi connectivity index (χ1v) is 13.4. The van der Waals surface area contributed by atoms with E-state index in [1.165, 1.54) is 45.3 Å². The van der Waals surface area contributed by atoms with Crippen LogP contribution in [0.3, 0.4) is 0 Å². The standard InChI is InChI=1S/C27H31ClN8O/c1-17-21(33-26-25(31-17)37-26)11-18-14-30-36-23(29-15-27(7-8-27)16-35-9-2-3-10-35)13-22(34-24(18)36)32-20-6-4-5-19(28)12-20/h4-6,11-14,25-26,29,31,33H,1-3,7-10,15-16H2,(H,32,34)/b21-11-. The van der Waals surface area contributed by atoms with Crippen LogP contribution in [0.1, 0.15) is 31.2 Å². The Balaban J connectivity index is 1.20. The van der Waals surface area contributed by atoms with E-state index in [-0.39, 0.29) is 12.5 Å². The van der Waals surface area contributed by atoms with Crippen LogP contribution < -0.4 is 21.3 Å². The predicted octanol–water partition coefficient (Wildman–Crippen LogP) is 4.14. The molecule has 4 aliphatic rings. The van der Waals surface area contributed by atoms with Gasteiger partial charge in [0.1, 0.15) is 11.6 Å². The summed E-state index contributed by atoms with van der Waals surface area (Å²) in [4.78, 5) is 7.55. The first-order chi connectivity index (χ1) is 18.0. The van der Waals surface area contributed by atoms with Crippen molar-refractivity contribution in [1.82, 2.24) is 30.1 Å². The molecule has 4 N–H and O–H groups in total. The number of epoxide rings is 1. The first kappa shape index (κ1) is 22.9. The van der Waals surface area contributed by atoms with E-state index in [2.05, 4.69) is 32.7 Å². The number of ether oxygens (including phenoxy) is 1. The zero-order valence-corrected chi connectivity index (χ0v) is 21.4. The third-order valence-corrected chi connectivity index (χ3v) is 7.92. The SMILES string of the molecule is C=C1NC2OC2N/C1=C\c1cnn2c(NCC3(CN4CCCC4)CC3)cc(Nc3cccc(Cl)c3)nc12. The fourth-order valence-electron chi connectivity index (χ4n) is 5.35. The van der Waals surface area contributed by atoms with Gasteiger partial charge in [0.25, 0.3) is 0 Å². The average Bonchev–Trinajstić information content (AvgIpc) is 3.70. The minimum absolute atomic E-state index is 0.00582. The summed E-state index contributed by atoms with van der Waals surface area (Å²) in [5, 5.41) is 19.1. The molecular weight excluding hydrogens is 488 g/mol. The number of benzene rings is 1. The van der Waals surface area contributed by atoms with Gasteiger partial charge in [-0.25, -0.2) is 4.98 Å². The maximum absolute atomic E-state index is 6.23. The molecule has 3 aliphatic heterocycles. The summed E-state index contributed by atoms with van der Waals surface area (Å²) in [6.07, 6.45) is 9.02. The molecule has 5 heterocycles. The molecule has 9 nitrogen and oxygen atoms in total. The normalized spacial score (nSPS) is 25.0. The summed E-state index contributed by atoms with van der Waals surface area (Å²) in [5.41, 5.74) is 4.53. The molecule has 1 aliphatic carbocycles. The Bertz CT molecular complexity index is 1390. The number of hydrogen-bond acceptors (Lipinski definition) is 8. The van der Waals surface area contributed by atoms with Crippen LogP contribution >= 0.6 is 11.6 Å². The van der Waals surface area contributed by atoms with Crippen molar-refractivity contribution in [2.75, 3.05) is 36.8 Å². The molecule has 0 bridgehead atoms. The zero-order chi connectivity index (χ0) is 25.0. The molecular formula is C27H31ClN8O. The van der Waals surface area contributed by atoms with Gasteiger partial charge in [-0.1, -0.05) is 24.2 Å². The summed E-state index contributed by atoms with van der Waals surface area (Å²) in [6.45, 7) is 8.67. The number of piperazine rings is 1. The van der Waals surface area contributed by atoms with E-state index in [9.17, 15) is 0 Å². The van der Waals surface area contributed by atoms with E-state index in [0.717, 1.165) is 46.5 Å². The van der Waals surface area contributed by atoms with Gasteiger partial charge in [-0.3, -0.25) is 0 Å². The van der Waals surface area contributed by atoms with Crippen LogP contribution in [0.4, 0.5) is 17.3 Å². The van der Waals surface area contributed by atoms with Crippen LogP contribution in [0.2, 0.25) is 5.02 Å². The third-order valence-electron chi connectivity index (χ3n) is 7.69. The highest BCUT2D eigenvalue weighted by Gasteiger charge is 2.44. The highest BCUT2D eigenvalue weighted by atomic mass is 35.5. The van der Waals surface area contributed by atoms with Crippen LogP contribution in [-0.2, 0) is 4.74 Å². The Hall–Kier alpha value is -3.27. The van der Waals surface area contributed by atoms with Crippen molar-refractivity contribution in [1.29, 1.82) is 0 Å². The predicted molar refractivity (Wildman–Crippen MR) is 146 cm³/mol. The molecule has 7 rings (SSSR count). The number of likely N-dealkylation sites (tertiary alicyclic amines) is 1. The molecule has 192 valence electrons. The van der Waals surface area contributed by atoms with Gasteiger partial charge in [0.2, 0.25) is 0 Å². The van der Waals surface area contributed by atoms with Crippen LogP contribution in [0, 0.1) is 5.41 Å².